The van der Waals surface area contributed by atoms with Gasteiger partial charge >= 0.3 is 12.4 Å². The van der Waals surface area contributed by atoms with Crippen LogP contribution in [0.3, 0.4) is 0 Å². The Hall–Kier alpha value is -2.42. The van der Waals surface area contributed by atoms with Gasteiger partial charge in [-0.3, -0.25) is 4.55 Å². The number of halogens is 6. The molecule has 0 saturated heterocycles. The van der Waals surface area contributed by atoms with Crippen molar-refractivity contribution in [1.82, 2.24) is 0 Å². The molecule has 0 fully saturated rings. The van der Waals surface area contributed by atoms with E-state index in [0.717, 1.165) is 24.3 Å². The van der Waals surface area contributed by atoms with E-state index < -0.39 is 41.5 Å². The summed E-state index contributed by atoms with van der Waals surface area (Å²) in [5.41, 5.74) is -1.55. The van der Waals surface area contributed by atoms with E-state index in [1.165, 1.54) is 49.4 Å². The van der Waals surface area contributed by atoms with Crippen molar-refractivity contribution in [2.45, 2.75) is 24.2 Å². The standard InChI is InChI=1S/C21H15F6O3PS/c1-13-2-7-18(12-19(13)32(28,29)30)31(16-8-3-14(4-9-16)20(22,23)24)17-10-5-15(6-11-17)21(25,26)27/h2-12H,1H3,(H,28,29,30). The zero-order valence-corrected chi connectivity index (χ0v) is 17.9. The Balaban J connectivity index is 2.19. The van der Waals surface area contributed by atoms with Crippen molar-refractivity contribution in [3.05, 3.63) is 83.4 Å². The minimum Gasteiger partial charge on any atom is -0.282 e. The molecule has 0 radical (unpaired) electrons. The minimum absolute atomic E-state index is 0.242. The van der Waals surface area contributed by atoms with Crippen LogP contribution in [0.2, 0.25) is 0 Å². The first-order chi connectivity index (χ1) is 14.7. The highest BCUT2D eigenvalue weighted by Gasteiger charge is 2.32. The number of aryl methyl sites for hydroxylation is 1. The lowest BCUT2D eigenvalue weighted by atomic mass is 10.2. The summed E-state index contributed by atoms with van der Waals surface area (Å²) in [5, 5.41) is 1.05. The van der Waals surface area contributed by atoms with Crippen LogP contribution >= 0.6 is 7.92 Å². The molecule has 3 nitrogen and oxygen atoms in total. The summed E-state index contributed by atoms with van der Waals surface area (Å²) >= 11 is 0. The maximum absolute atomic E-state index is 13.0. The second kappa shape index (κ2) is 8.50. The molecular weight excluding hydrogens is 477 g/mol. The third-order valence-corrected chi connectivity index (χ3v) is 8.03. The highest BCUT2D eigenvalue weighted by Crippen LogP contribution is 2.37. The predicted octanol–water partition coefficient (Wildman–Crippen LogP) is 5.04. The molecule has 11 heteroatoms. The molecule has 0 spiro atoms. The zero-order valence-electron chi connectivity index (χ0n) is 16.2. The van der Waals surface area contributed by atoms with Crippen molar-refractivity contribution < 1.29 is 39.3 Å². The van der Waals surface area contributed by atoms with Gasteiger partial charge in [0.1, 0.15) is 0 Å². The fourth-order valence-corrected chi connectivity index (χ4v) is 6.16. The first-order valence-corrected chi connectivity index (χ1v) is 11.7. The molecule has 0 aliphatic heterocycles. The monoisotopic (exact) mass is 492 g/mol. The van der Waals surface area contributed by atoms with Crippen molar-refractivity contribution in [2.24, 2.45) is 0 Å². The first kappa shape index (κ1) is 24.2. The molecule has 0 aliphatic rings. The number of benzene rings is 3. The molecule has 0 aromatic heterocycles. The van der Waals surface area contributed by atoms with Crippen molar-refractivity contribution in [3.8, 4) is 0 Å². The Labute approximate surface area is 181 Å². The summed E-state index contributed by atoms with van der Waals surface area (Å²) in [6, 6.07) is 12.4. The smallest absolute Gasteiger partial charge is 0.282 e. The van der Waals surface area contributed by atoms with Crippen LogP contribution in [0.5, 0.6) is 0 Å². The minimum atomic E-state index is -4.59. The van der Waals surface area contributed by atoms with Gasteiger partial charge in [0.05, 0.1) is 16.0 Å². The second-order valence-electron chi connectivity index (χ2n) is 6.85. The van der Waals surface area contributed by atoms with Gasteiger partial charge in [0.2, 0.25) is 0 Å². The molecule has 3 aromatic carbocycles. The molecule has 32 heavy (non-hydrogen) atoms. The maximum Gasteiger partial charge on any atom is 0.416 e. The summed E-state index contributed by atoms with van der Waals surface area (Å²) in [5.74, 6) is 0. The average molecular weight is 492 g/mol. The van der Waals surface area contributed by atoms with E-state index in [-0.39, 0.29) is 10.5 Å². The van der Waals surface area contributed by atoms with Crippen LogP contribution in [0.25, 0.3) is 0 Å². The van der Waals surface area contributed by atoms with E-state index in [1.807, 2.05) is 0 Å². The van der Waals surface area contributed by atoms with Crippen molar-refractivity contribution in [2.75, 3.05) is 0 Å². The van der Waals surface area contributed by atoms with Crippen LogP contribution in [-0.2, 0) is 22.5 Å². The molecular formula is C21H15F6O3PS. The summed E-state index contributed by atoms with van der Waals surface area (Å²) in [7, 11) is -6.32. The largest absolute Gasteiger partial charge is 0.416 e. The van der Waals surface area contributed by atoms with Gasteiger partial charge in [-0.15, -0.1) is 0 Å². The van der Waals surface area contributed by atoms with Crippen LogP contribution in [-0.4, -0.2) is 13.0 Å². The molecule has 3 aromatic rings. The Bertz CT molecular complexity index is 1160. The quantitative estimate of drug-likeness (QED) is 0.316. The molecule has 0 unspecified atom stereocenters. The Kier molecular flexibility index (Phi) is 6.43. The Morgan fingerprint density at radius 1 is 0.688 bits per heavy atom. The average Bonchev–Trinajstić information content (AvgIpc) is 2.68. The summed E-state index contributed by atoms with van der Waals surface area (Å²) in [6.07, 6.45) is -9.14. The van der Waals surface area contributed by atoms with Crippen LogP contribution in [0.15, 0.2) is 71.6 Å². The lowest BCUT2D eigenvalue weighted by molar-refractivity contribution is -0.138. The number of rotatable bonds is 4. The van der Waals surface area contributed by atoms with Crippen LogP contribution < -0.4 is 15.9 Å². The van der Waals surface area contributed by atoms with Crippen LogP contribution in [0.4, 0.5) is 26.3 Å². The van der Waals surface area contributed by atoms with Gasteiger partial charge in [0, 0.05) is 0 Å². The normalized spacial score (nSPS) is 12.9. The van der Waals surface area contributed by atoms with Gasteiger partial charge in [-0.2, -0.15) is 34.8 Å². The SMILES string of the molecule is Cc1ccc(P(c2ccc(C(F)(F)F)cc2)c2ccc(C(F)(F)F)cc2)cc1S(=O)(=O)O. The fourth-order valence-electron chi connectivity index (χ4n) is 3.05. The van der Waals surface area contributed by atoms with E-state index in [1.54, 1.807) is 0 Å². The van der Waals surface area contributed by atoms with E-state index in [2.05, 4.69) is 0 Å². The molecule has 3 rings (SSSR count). The summed E-state index contributed by atoms with van der Waals surface area (Å²) < 4.78 is 111. The van der Waals surface area contributed by atoms with Gasteiger partial charge in [0.25, 0.3) is 10.1 Å². The van der Waals surface area contributed by atoms with E-state index in [4.69, 9.17) is 0 Å². The number of hydrogen-bond donors (Lipinski definition) is 1. The van der Waals surface area contributed by atoms with Gasteiger partial charge in [-0.05, 0) is 66.7 Å². The molecule has 0 saturated carbocycles. The summed E-state index contributed by atoms with van der Waals surface area (Å²) in [4.78, 5) is -0.388. The van der Waals surface area contributed by atoms with Gasteiger partial charge in [0.15, 0.2) is 0 Å². The Morgan fingerprint density at radius 2 is 1.06 bits per heavy atom. The second-order valence-corrected chi connectivity index (χ2v) is 10.5. The molecule has 1 N–H and O–H groups in total. The van der Waals surface area contributed by atoms with Crippen LogP contribution in [0.1, 0.15) is 16.7 Å². The molecule has 170 valence electrons. The fraction of sp³-hybridized carbons (Fsp3) is 0.143. The highest BCUT2D eigenvalue weighted by molar-refractivity contribution is 7.86. The lowest BCUT2D eigenvalue weighted by Crippen LogP contribution is -2.22. The van der Waals surface area contributed by atoms with Crippen molar-refractivity contribution in [3.63, 3.8) is 0 Å². The van der Waals surface area contributed by atoms with Gasteiger partial charge < -0.3 is 0 Å². The van der Waals surface area contributed by atoms with E-state index in [0.29, 0.717) is 15.9 Å². The van der Waals surface area contributed by atoms with Gasteiger partial charge in [-0.1, -0.05) is 36.4 Å². The third kappa shape index (κ3) is 5.31. The summed E-state index contributed by atoms with van der Waals surface area (Å²) in [6.45, 7) is 1.45. The van der Waals surface area contributed by atoms with E-state index in [9.17, 15) is 39.3 Å². The topological polar surface area (TPSA) is 54.4 Å². The lowest BCUT2D eigenvalue weighted by Gasteiger charge is -2.21. The molecule has 0 heterocycles. The van der Waals surface area contributed by atoms with E-state index >= 15 is 0 Å². The van der Waals surface area contributed by atoms with Crippen molar-refractivity contribution >= 4 is 34.0 Å². The Morgan fingerprint density at radius 3 is 1.41 bits per heavy atom. The van der Waals surface area contributed by atoms with Crippen molar-refractivity contribution in [1.29, 1.82) is 0 Å². The number of alkyl halides is 6. The predicted molar refractivity (Wildman–Crippen MR) is 110 cm³/mol. The molecule has 0 atom stereocenters. The first-order valence-electron chi connectivity index (χ1n) is 8.91. The molecule has 0 bridgehead atoms. The zero-order chi connectivity index (χ0) is 23.9. The molecule has 0 aliphatic carbocycles. The highest BCUT2D eigenvalue weighted by atomic mass is 32.2. The van der Waals surface area contributed by atoms with Gasteiger partial charge in [-0.25, -0.2) is 0 Å². The third-order valence-electron chi connectivity index (χ3n) is 4.61. The molecule has 0 amide bonds. The van der Waals surface area contributed by atoms with Crippen LogP contribution in [0, 0.1) is 6.92 Å². The maximum atomic E-state index is 13.0. The number of hydrogen-bond acceptors (Lipinski definition) is 2.